The third-order valence-corrected chi connectivity index (χ3v) is 18.4. The monoisotopic (exact) mass is 945 g/mol. The molecule has 0 atom stereocenters. The van der Waals surface area contributed by atoms with E-state index in [1.165, 1.54) is 116 Å². The van der Waals surface area contributed by atoms with Crippen LogP contribution in [0.5, 0.6) is 0 Å². The predicted octanol–water partition coefficient (Wildman–Crippen LogP) is 19.5. The van der Waals surface area contributed by atoms with Crippen LogP contribution in [-0.4, -0.2) is 0 Å². The first-order chi connectivity index (χ1) is 34.9. The quantitative estimate of drug-likeness (QED) is 0.177. The Morgan fingerprint density at radius 3 is 1.59 bits per heavy atom. The van der Waals surface area contributed by atoms with Crippen LogP contribution in [0.3, 0.4) is 0 Å². The Morgan fingerprint density at radius 2 is 0.877 bits per heavy atom. The van der Waals surface area contributed by atoms with Crippen LogP contribution in [0, 0.1) is 0 Å². The molecule has 356 valence electrons. The van der Waals surface area contributed by atoms with Crippen LogP contribution in [0.1, 0.15) is 126 Å². The van der Waals surface area contributed by atoms with Gasteiger partial charge in [-0.05, 0) is 161 Å². The maximum atomic E-state index is 7.07. The average Bonchev–Trinajstić information content (AvgIpc) is 4.19. The van der Waals surface area contributed by atoms with Gasteiger partial charge in [0, 0.05) is 65.8 Å². The van der Waals surface area contributed by atoms with Crippen LogP contribution in [0.15, 0.2) is 167 Å². The van der Waals surface area contributed by atoms with E-state index in [0.717, 1.165) is 39.4 Å². The van der Waals surface area contributed by atoms with E-state index in [2.05, 4.69) is 239 Å². The second-order valence-electron chi connectivity index (χ2n) is 24.8. The van der Waals surface area contributed by atoms with Gasteiger partial charge in [0.15, 0.2) is 0 Å². The number of benzene rings is 9. The summed E-state index contributed by atoms with van der Waals surface area (Å²) >= 11 is 0. The SMILES string of the molecule is CC(C)(C)c1ccc(N(c2ccc3c(c2)C(C)(C)c2cc4c(cc2-3)C(C)(C)c2ccc3oc5ccccc5c3c2-4)c2ccc3c(c2)C(C)(C)c2c4c(c5c(oc6ccccc65)c2-3)-c2ccccc2C4(C)C)cc1. The van der Waals surface area contributed by atoms with E-state index in [4.69, 9.17) is 8.83 Å². The van der Waals surface area contributed by atoms with Crippen LogP contribution in [0.25, 0.3) is 88.4 Å². The minimum Gasteiger partial charge on any atom is -0.456 e. The van der Waals surface area contributed by atoms with E-state index in [1.54, 1.807) is 0 Å². The Kier molecular flexibility index (Phi) is 8.07. The Labute approximate surface area is 428 Å². The molecule has 3 nitrogen and oxygen atoms in total. The lowest BCUT2D eigenvalue weighted by Gasteiger charge is -2.32. The van der Waals surface area contributed by atoms with Crippen molar-refractivity contribution in [2.24, 2.45) is 0 Å². The Balaban J connectivity index is 0.916. The fourth-order valence-electron chi connectivity index (χ4n) is 14.6. The van der Waals surface area contributed by atoms with Gasteiger partial charge in [0.05, 0.1) is 0 Å². The van der Waals surface area contributed by atoms with Crippen molar-refractivity contribution in [3.63, 3.8) is 0 Å². The normalized spacial score (nSPS) is 16.6. The fraction of sp³-hybridized carbons (Fsp3) is 0.229. The first kappa shape index (κ1) is 43.0. The van der Waals surface area contributed by atoms with E-state index >= 15 is 0 Å². The van der Waals surface area contributed by atoms with Crippen molar-refractivity contribution in [1.82, 2.24) is 0 Å². The van der Waals surface area contributed by atoms with E-state index in [1.807, 2.05) is 0 Å². The Bertz CT molecular complexity index is 4290. The number of rotatable bonds is 3. The molecule has 4 aliphatic rings. The number of nitrogens with zero attached hydrogens (tertiary/aromatic N) is 1. The third kappa shape index (κ3) is 5.35. The molecular weight excluding hydrogens is 887 g/mol. The Hall–Kier alpha value is -7.62. The molecule has 0 N–H and O–H groups in total. The minimum absolute atomic E-state index is 0.0254. The van der Waals surface area contributed by atoms with Gasteiger partial charge in [-0.1, -0.05) is 167 Å². The topological polar surface area (TPSA) is 29.5 Å². The highest BCUT2D eigenvalue weighted by Gasteiger charge is 2.49. The molecule has 0 fully saturated rings. The highest BCUT2D eigenvalue weighted by Crippen LogP contribution is 2.64. The van der Waals surface area contributed by atoms with E-state index in [9.17, 15) is 0 Å². The molecule has 9 aromatic carbocycles. The van der Waals surface area contributed by atoms with Crippen molar-refractivity contribution in [2.75, 3.05) is 4.90 Å². The second kappa shape index (κ2) is 13.7. The summed E-state index contributed by atoms with van der Waals surface area (Å²) in [5.41, 5.74) is 29.1. The van der Waals surface area contributed by atoms with Crippen LogP contribution >= 0.6 is 0 Å². The lowest BCUT2D eigenvalue weighted by Crippen LogP contribution is -2.24. The summed E-state index contributed by atoms with van der Waals surface area (Å²) in [5.74, 6) is 0. The van der Waals surface area contributed by atoms with Crippen LogP contribution in [-0.2, 0) is 27.1 Å². The van der Waals surface area contributed by atoms with Gasteiger partial charge in [-0.3, -0.25) is 0 Å². The number of fused-ring (bicyclic) bond motifs is 22. The van der Waals surface area contributed by atoms with Crippen molar-refractivity contribution in [3.8, 4) is 44.5 Å². The first-order valence-corrected chi connectivity index (χ1v) is 26.3. The standard InChI is InChI=1S/C70H59NO2/c1-66(2,3)38-24-26-39(27-25-38)71(40-28-30-42-47-36-54-48(37-53(47)68(6,7)51(42)34-40)58-50(67(54,4)5)32-33-57-59(58)45-19-13-16-22-55(45)72-57)41-29-31-44-52(35-41)70(10,11)64-62(44)65-61(46-20-14-17-23-56(46)73-65)60-43-18-12-15-21-49(43)69(8,9)63(60)64/h12-37H,1-11H3. The zero-order valence-electron chi connectivity index (χ0n) is 43.8. The maximum Gasteiger partial charge on any atom is 0.144 e. The first-order valence-electron chi connectivity index (χ1n) is 26.3. The zero-order valence-corrected chi connectivity index (χ0v) is 43.8. The lowest BCUT2D eigenvalue weighted by molar-refractivity contribution is 0.590. The van der Waals surface area contributed by atoms with Gasteiger partial charge >= 0.3 is 0 Å². The number of anilines is 3. The maximum absolute atomic E-state index is 7.07. The van der Waals surface area contributed by atoms with Crippen molar-refractivity contribution in [2.45, 2.75) is 103 Å². The van der Waals surface area contributed by atoms with Crippen LogP contribution in [0.2, 0.25) is 0 Å². The number of hydrogen-bond acceptors (Lipinski definition) is 3. The molecule has 0 saturated heterocycles. The summed E-state index contributed by atoms with van der Waals surface area (Å²) in [4.78, 5) is 2.51. The summed E-state index contributed by atoms with van der Waals surface area (Å²) in [6.07, 6.45) is 0. The molecular formula is C70H59NO2. The summed E-state index contributed by atoms with van der Waals surface area (Å²) < 4.78 is 13.6. The van der Waals surface area contributed by atoms with Crippen LogP contribution in [0.4, 0.5) is 17.1 Å². The molecule has 73 heavy (non-hydrogen) atoms. The molecule has 0 amide bonds. The summed E-state index contributed by atoms with van der Waals surface area (Å²) in [5, 5.41) is 4.82. The van der Waals surface area contributed by atoms with E-state index in [-0.39, 0.29) is 27.1 Å². The molecule has 0 saturated carbocycles. The number of furan rings is 2. The van der Waals surface area contributed by atoms with Crippen molar-refractivity contribution >= 4 is 60.9 Å². The fourth-order valence-corrected chi connectivity index (χ4v) is 14.6. The molecule has 2 heterocycles. The molecule has 15 rings (SSSR count). The van der Waals surface area contributed by atoms with Gasteiger partial charge in [-0.2, -0.15) is 0 Å². The van der Waals surface area contributed by atoms with Gasteiger partial charge in [0.2, 0.25) is 0 Å². The predicted molar refractivity (Wildman–Crippen MR) is 305 cm³/mol. The van der Waals surface area contributed by atoms with Gasteiger partial charge in [-0.25, -0.2) is 0 Å². The average molecular weight is 946 g/mol. The minimum atomic E-state index is -0.332. The molecule has 2 aromatic heterocycles. The molecule has 11 aromatic rings. The third-order valence-electron chi connectivity index (χ3n) is 18.4. The Morgan fingerprint density at radius 1 is 0.356 bits per heavy atom. The van der Waals surface area contributed by atoms with Gasteiger partial charge in [-0.15, -0.1) is 0 Å². The van der Waals surface area contributed by atoms with Crippen molar-refractivity contribution in [3.05, 3.63) is 208 Å². The molecule has 3 heteroatoms. The summed E-state index contributed by atoms with van der Waals surface area (Å²) in [6, 6.07) is 59.6. The van der Waals surface area contributed by atoms with Crippen molar-refractivity contribution in [1.29, 1.82) is 0 Å². The number of para-hydroxylation sites is 2. The second-order valence-corrected chi connectivity index (χ2v) is 24.8. The summed E-state index contributed by atoms with van der Waals surface area (Å²) in [6.45, 7) is 26.3. The molecule has 4 aliphatic carbocycles. The van der Waals surface area contributed by atoms with Crippen LogP contribution < -0.4 is 4.90 Å². The highest BCUT2D eigenvalue weighted by molar-refractivity contribution is 6.21. The van der Waals surface area contributed by atoms with Gasteiger partial charge in [0.25, 0.3) is 0 Å². The van der Waals surface area contributed by atoms with Crippen molar-refractivity contribution < 1.29 is 8.83 Å². The highest BCUT2D eigenvalue weighted by atomic mass is 16.3. The number of hydrogen-bond donors (Lipinski definition) is 0. The summed E-state index contributed by atoms with van der Waals surface area (Å²) in [7, 11) is 0. The van der Waals surface area contributed by atoms with E-state index in [0.29, 0.717) is 0 Å². The molecule has 0 radical (unpaired) electrons. The van der Waals surface area contributed by atoms with Gasteiger partial charge < -0.3 is 13.7 Å². The largest absolute Gasteiger partial charge is 0.456 e. The molecule has 0 unspecified atom stereocenters. The molecule has 0 spiro atoms. The molecule has 0 bridgehead atoms. The zero-order chi connectivity index (χ0) is 50.0. The molecule has 0 aliphatic heterocycles. The lowest BCUT2D eigenvalue weighted by atomic mass is 9.72. The van der Waals surface area contributed by atoms with Gasteiger partial charge in [0.1, 0.15) is 22.3 Å². The smallest absolute Gasteiger partial charge is 0.144 e. The van der Waals surface area contributed by atoms with E-state index < -0.39 is 0 Å².